The van der Waals surface area contributed by atoms with Gasteiger partial charge in [-0.1, -0.05) is 0 Å². The van der Waals surface area contributed by atoms with Crippen LogP contribution < -0.4 is 5.32 Å². The van der Waals surface area contributed by atoms with Gasteiger partial charge in [0, 0.05) is 25.5 Å². The highest BCUT2D eigenvalue weighted by Crippen LogP contribution is 2.24. The van der Waals surface area contributed by atoms with E-state index in [9.17, 15) is 9.59 Å². The van der Waals surface area contributed by atoms with Crippen LogP contribution in [0.5, 0.6) is 0 Å². The summed E-state index contributed by atoms with van der Waals surface area (Å²) >= 11 is 2.35. The van der Waals surface area contributed by atoms with Crippen LogP contribution in [0.25, 0.3) is 0 Å². The fourth-order valence-corrected chi connectivity index (χ4v) is 3.22. The van der Waals surface area contributed by atoms with Crippen LogP contribution in [-0.4, -0.2) is 44.1 Å². The Balaban J connectivity index is 1.58. The Hall–Kier alpha value is -1.80. The number of hydrogen-bond donors (Lipinski definition) is 1. The molecule has 1 aliphatic heterocycles. The molecule has 0 bridgehead atoms. The van der Waals surface area contributed by atoms with Crippen LogP contribution in [0.2, 0.25) is 0 Å². The van der Waals surface area contributed by atoms with Gasteiger partial charge in [-0.05, 0) is 42.1 Å². The van der Waals surface area contributed by atoms with Crippen LogP contribution in [0.15, 0.2) is 24.5 Å². The lowest BCUT2D eigenvalue weighted by Crippen LogP contribution is -2.69. The van der Waals surface area contributed by atoms with E-state index in [-0.39, 0.29) is 17.4 Å². The maximum atomic E-state index is 12.1. The lowest BCUT2D eigenvalue weighted by atomic mass is 9.91. The summed E-state index contributed by atoms with van der Waals surface area (Å²) in [6.45, 7) is 2.95. The number of rotatable bonds is 3. The number of amides is 2. The molecule has 104 valence electrons. The summed E-state index contributed by atoms with van der Waals surface area (Å²) < 4.78 is 7.83. The van der Waals surface area contributed by atoms with Crippen molar-refractivity contribution in [2.75, 3.05) is 13.1 Å². The summed E-state index contributed by atoms with van der Waals surface area (Å²) in [6, 6.07) is 3.39. The zero-order valence-corrected chi connectivity index (χ0v) is 12.3. The minimum Gasteiger partial charge on any atom is -0.343 e. The highest BCUT2D eigenvalue weighted by Gasteiger charge is 2.43. The average molecular weight is 308 g/mol. The number of aromatic nitrogens is 2. The van der Waals surface area contributed by atoms with Gasteiger partial charge in [0.2, 0.25) is 0 Å². The zero-order valence-electron chi connectivity index (χ0n) is 10.7. The van der Waals surface area contributed by atoms with Crippen molar-refractivity contribution in [3.8, 4) is 0 Å². The van der Waals surface area contributed by atoms with E-state index >= 15 is 0 Å². The monoisotopic (exact) mass is 308 g/mol. The molecule has 0 aromatic carbocycles. The van der Waals surface area contributed by atoms with Crippen molar-refractivity contribution in [1.29, 1.82) is 0 Å². The molecular formula is C12H12N4O2S2. The zero-order chi connectivity index (χ0) is 14.2. The number of nitrogens with one attached hydrogen (secondary N) is 1. The van der Waals surface area contributed by atoms with Crippen molar-refractivity contribution < 1.29 is 9.59 Å². The first kappa shape index (κ1) is 13.2. The van der Waals surface area contributed by atoms with Gasteiger partial charge in [-0.3, -0.25) is 9.59 Å². The number of hydrogen-bond acceptors (Lipinski definition) is 6. The molecule has 3 heterocycles. The van der Waals surface area contributed by atoms with Crippen LogP contribution in [-0.2, 0) is 0 Å². The molecule has 1 fully saturated rings. The predicted octanol–water partition coefficient (Wildman–Crippen LogP) is 1.24. The Labute approximate surface area is 123 Å². The highest BCUT2D eigenvalue weighted by molar-refractivity contribution is 7.08. The number of carbonyl (C=O) groups excluding carboxylic acids is 2. The van der Waals surface area contributed by atoms with Crippen molar-refractivity contribution in [1.82, 2.24) is 19.0 Å². The Morgan fingerprint density at radius 1 is 1.20 bits per heavy atom. The van der Waals surface area contributed by atoms with Gasteiger partial charge in [0.15, 0.2) is 0 Å². The second-order valence-corrected chi connectivity index (χ2v) is 6.60. The molecule has 2 aromatic heterocycles. The molecule has 0 spiro atoms. The largest absolute Gasteiger partial charge is 0.343 e. The lowest BCUT2D eigenvalue weighted by molar-refractivity contribution is 0.0336. The molecule has 6 nitrogen and oxygen atoms in total. The first-order valence-electron chi connectivity index (χ1n) is 6.01. The molecular weight excluding hydrogens is 296 g/mol. The highest BCUT2D eigenvalue weighted by atomic mass is 32.1. The summed E-state index contributed by atoms with van der Waals surface area (Å²) in [6.07, 6.45) is 3.21. The van der Waals surface area contributed by atoms with Crippen LogP contribution >= 0.6 is 23.1 Å². The third-order valence-electron chi connectivity index (χ3n) is 3.09. The first-order chi connectivity index (χ1) is 9.57. The molecule has 1 saturated heterocycles. The van der Waals surface area contributed by atoms with Gasteiger partial charge in [-0.25, -0.2) is 8.75 Å². The van der Waals surface area contributed by atoms with Crippen molar-refractivity contribution >= 4 is 34.9 Å². The fourth-order valence-electron chi connectivity index (χ4n) is 2.17. The van der Waals surface area contributed by atoms with Crippen molar-refractivity contribution in [3.05, 3.63) is 34.3 Å². The molecule has 1 aliphatic rings. The smallest absolute Gasteiger partial charge is 0.265 e. The molecule has 0 aliphatic carbocycles. The first-order valence-corrected chi connectivity index (χ1v) is 7.55. The molecule has 2 aromatic rings. The van der Waals surface area contributed by atoms with E-state index in [4.69, 9.17) is 0 Å². The normalized spacial score (nSPS) is 16.6. The molecule has 0 atom stereocenters. The maximum Gasteiger partial charge on any atom is 0.265 e. The minimum absolute atomic E-state index is 0.0305. The van der Waals surface area contributed by atoms with E-state index in [1.54, 1.807) is 29.4 Å². The van der Waals surface area contributed by atoms with Crippen LogP contribution in [0.3, 0.4) is 0 Å². The summed E-state index contributed by atoms with van der Waals surface area (Å²) in [4.78, 5) is 26.9. The summed E-state index contributed by atoms with van der Waals surface area (Å²) in [5.41, 5.74) is -0.374. The van der Waals surface area contributed by atoms with E-state index in [2.05, 4.69) is 14.1 Å². The average Bonchev–Trinajstić information content (AvgIpc) is 3.06. The van der Waals surface area contributed by atoms with Crippen LogP contribution in [0.4, 0.5) is 0 Å². The molecule has 20 heavy (non-hydrogen) atoms. The van der Waals surface area contributed by atoms with Gasteiger partial charge in [-0.2, -0.15) is 0 Å². The standard InChI is InChI=1S/C12H12N4O2S2/c1-12(15-10(17)8-2-4-13-19-8)6-16(7-12)11(18)9-3-5-14-20-9/h2-5H,6-7H2,1H3,(H,15,17). The van der Waals surface area contributed by atoms with E-state index < -0.39 is 0 Å². The Bertz CT molecular complexity index is 618. The molecule has 0 unspecified atom stereocenters. The van der Waals surface area contributed by atoms with Crippen molar-refractivity contribution in [3.63, 3.8) is 0 Å². The Morgan fingerprint density at radius 3 is 2.35 bits per heavy atom. The molecule has 0 radical (unpaired) electrons. The van der Waals surface area contributed by atoms with Crippen LogP contribution in [0.1, 0.15) is 26.3 Å². The number of nitrogens with zero attached hydrogens (tertiary/aromatic N) is 3. The van der Waals surface area contributed by atoms with E-state index in [0.29, 0.717) is 22.8 Å². The summed E-state index contributed by atoms with van der Waals surface area (Å²) in [5.74, 6) is -0.170. The maximum absolute atomic E-state index is 12.1. The predicted molar refractivity (Wildman–Crippen MR) is 76.0 cm³/mol. The van der Waals surface area contributed by atoms with Crippen molar-refractivity contribution in [2.24, 2.45) is 0 Å². The van der Waals surface area contributed by atoms with Gasteiger partial charge in [0.05, 0.1) is 5.54 Å². The van der Waals surface area contributed by atoms with Crippen molar-refractivity contribution in [2.45, 2.75) is 12.5 Å². The Kier molecular flexibility index (Phi) is 3.27. The summed E-state index contributed by atoms with van der Waals surface area (Å²) in [7, 11) is 0. The fraction of sp³-hybridized carbons (Fsp3) is 0.333. The van der Waals surface area contributed by atoms with Gasteiger partial charge in [0.1, 0.15) is 9.75 Å². The Morgan fingerprint density at radius 2 is 1.80 bits per heavy atom. The molecule has 2 amide bonds. The number of likely N-dealkylation sites (tertiary alicyclic amines) is 1. The molecule has 1 N–H and O–H groups in total. The summed E-state index contributed by atoms with van der Waals surface area (Å²) in [5, 5.41) is 2.95. The van der Waals surface area contributed by atoms with Gasteiger partial charge < -0.3 is 10.2 Å². The van der Waals surface area contributed by atoms with E-state index in [1.165, 1.54) is 11.5 Å². The van der Waals surface area contributed by atoms with E-state index in [0.717, 1.165) is 11.5 Å². The minimum atomic E-state index is -0.374. The topological polar surface area (TPSA) is 75.2 Å². The third kappa shape index (κ3) is 2.44. The quantitative estimate of drug-likeness (QED) is 0.926. The third-order valence-corrected chi connectivity index (χ3v) is 4.57. The van der Waals surface area contributed by atoms with Gasteiger partial charge in [-0.15, -0.1) is 0 Å². The SMILES string of the molecule is CC1(NC(=O)c2ccns2)CN(C(=O)c2ccns2)C1. The molecule has 0 saturated carbocycles. The lowest BCUT2D eigenvalue weighted by Gasteiger charge is -2.48. The number of carbonyl (C=O) groups is 2. The van der Waals surface area contributed by atoms with Gasteiger partial charge >= 0.3 is 0 Å². The van der Waals surface area contributed by atoms with Gasteiger partial charge in [0.25, 0.3) is 11.8 Å². The second kappa shape index (κ2) is 4.95. The van der Waals surface area contributed by atoms with Crippen LogP contribution in [0, 0.1) is 0 Å². The molecule has 8 heteroatoms. The molecule has 3 rings (SSSR count). The second-order valence-electron chi connectivity index (χ2n) is 4.93. The van der Waals surface area contributed by atoms with E-state index in [1.807, 2.05) is 6.92 Å².